The summed E-state index contributed by atoms with van der Waals surface area (Å²) in [5.41, 5.74) is 1.90. The molecule has 0 aliphatic rings. The van der Waals surface area contributed by atoms with E-state index in [2.05, 4.69) is 10.4 Å². The van der Waals surface area contributed by atoms with Crippen molar-refractivity contribution >= 4 is 18.1 Å². The van der Waals surface area contributed by atoms with Gasteiger partial charge in [-0.3, -0.25) is 0 Å². The van der Waals surface area contributed by atoms with Gasteiger partial charge >= 0.3 is 6.55 Å². The predicted octanol–water partition coefficient (Wildman–Crippen LogP) is 3.76. The number of alkyl halides is 2. The van der Waals surface area contributed by atoms with Crippen LogP contribution in [-0.4, -0.2) is 9.78 Å². The predicted molar refractivity (Wildman–Crippen MR) is 69.2 cm³/mol. The van der Waals surface area contributed by atoms with Gasteiger partial charge in [-0.1, -0.05) is 12.1 Å². The van der Waals surface area contributed by atoms with Crippen LogP contribution in [0, 0.1) is 12.7 Å². The van der Waals surface area contributed by atoms with Crippen LogP contribution in [0.15, 0.2) is 30.5 Å². The first-order valence-corrected chi connectivity index (χ1v) is 5.38. The van der Waals surface area contributed by atoms with Crippen LogP contribution in [0.4, 0.5) is 18.9 Å². The van der Waals surface area contributed by atoms with Crippen molar-refractivity contribution < 1.29 is 13.2 Å². The summed E-state index contributed by atoms with van der Waals surface area (Å²) in [4.78, 5) is 0. The Morgan fingerprint density at radius 3 is 2.42 bits per heavy atom. The summed E-state index contributed by atoms with van der Waals surface area (Å²) >= 11 is 0. The van der Waals surface area contributed by atoms with Crippen LogP contribution in [0.3, 0.4) is 0 Å². The van der Waals surface area contributed by atoms with Crippen molar-refractivity contribution in [3.05, 3.63) is 47.5 Å². The summed E-state index contributed by atoms with van der Waals surface area (Å²) in [5, 5.41) is 6.67. The van der Waals surface area contributed by atoms with Crippen molar-refractivity contribution in [2.45, 2.75) is 20.0 Å². The van der Waals surface area contributed by atoms with Crippen molar-refractivity contribution in [2.75, 3.05) is 5.32 Å². The van der Waals surface area contributed by atoms with Gasteiger partial charge in [-0.15, -0.1) is 12.4 Å². The van der Waals surface area contributed by atoms with Gasteiger partial charge in [0.15, 0.2) is 0 Å². The standard InChI is InChI=1S/C12H12F3N3.ClH/c1-8-11(7-18(17-8)12(14)15)16-6-9-2-4-10(13)5-3-9;/h2-5,7,12,16H,6H2,1H3;1H. The van der Waals surface area contributed by atoms with Crippen molar-refractivity contribution in [1.29, 1.82) is 0 Å². The minimum absolute atomic E-state index is 0. The molecule has 0 aliphatic carbocycles. The maximum absolute atomic E-state index is 12.7. The summed E-state index contributed by atoms with van der Waals surface area (Å²) in [6, 6.07) is 5.98. The molecule has 1 aromatic heterocycles. The first kappa shape index (κ1) is 15.4. The van der Waals surface area contributed by atoms with E-state index in [9.17, 15) is 13.2 Å². The minimum Gasteiger partial charge on any atom is -0.378 e. The summed E-state index contributed by atoms with van der Waals surface area (Å²) in [5.74, 6) is -0.305. The first-order valence-electron chi connectivity index (χ1n) is 5.38. The van der Waals surface area contributed by atoms with Crippen molar-refractivity contribution in [2.24, 2.45) is 0 Å². The van der Waals surface area contributed by atoms with Crippen LogP contribution < -0.4 is 5.32 Å². The monoisotopic (exact) mass is 291 g/mol. The Morgan fingerprint density at radius 2 is 1.89 bits per heavy atom. The number of nitrogens with zero attached hydrogens (tertiary/aromatic N) is 2. The smallest absolute Gasteiger partial charge is 0.333 e. The number of nitrogens with one attached hydrogen (secondary N) is 1. The van der Waals surface area contributed by atoms with Crippen LogP contribution in [0.1, 0.15) is 17.8 Å². The molecule has 0 aliphatic heterocycles. The van der Waals surface area contributed by atoms with Gasteiger partial charge in [-0.25, -0.2) is 9.07 Å². The Hall–Kier alpha value is -1.69. The molecular formula is C12H13ClF3N3. The SMILES string of the molecule is Cc1nn(C(F)F)cc1NCc1ccc(F)cc1.Cl. The number of aryl methyl sites for hydroxylation is 1. The van der Waals surface area contributed by atoms with E-state index in [0.717, 1.165) is 5.56 Å². The maximum atomic E-state index is 12.7. The first-order chi connectivity index (χ1) is 8.56. The lowest BCUT2D eigenvalue weighted by Gasteiger charge is -2.04. The molecule has 0 amide bonds. The van der Waals surface area contributed by atoms with E-state index in [1.54, 1.807) is 19.1 Å². The van der Waals surface area contributed by atoms with Gasteiger partial charge in [-0.2, -0.15) is 13.9 Å². The number of anilines is 1. The lowest BCUT2D eigenvalue weighted by atomic mass is 10.2. The second-order valence-corrected chi connectivity index (χ2v) is 3.87. The van der Waals surface area contributed by atoms with Crippen LogP contribution in [0.25, 0.3) is 0 Å². The lowest BCUT2D eigenvalue weighted by molar-refractivity contribution is 0.0563. The second kappa shape index (κ2) is 6.47. The zero-order valence-electron chi connectivity index (χ0n) is 10.1. The molecule has 3 nitrogen and oxygen atoms in total. The Balaban J connectivity index is 0.00000180. The number of benzene rings is 1. The molecule has 0 atom stereocenters. The topological polar surface area (TPSA) is 29.9 Å². The molecule has 2 rings (SSSR count). The molecule has 0 radical (unpaired) electrons. The summed E-state index contributed by atoms with van der Waals surface area (Å²) < 4.78 is 38.1. The highest BCUT2D eigenvalue weighted by Crippen LogP contribution is 2.18. The molecular weight excluding hydrogens is 279 g/mol. The zero-order chi connectivity index (χ0) is 13.1. The normalized spacial score (nSPS) is 10.4. The third-order valence-corrected chi connectivity index (χ3v) is 2.51. The number of rotatable bonds is 4. The number of aromatic nitrogens is 2. The van der Waals surface area contributed by atoms with E-state index in [1.165, 1.54) is 18.3 Å². The molecule has 0 saturated heterocycles. The number of halogens is 4. The van der Waals surface area contributed by atoms with Gasteiger partial charge in [0.25, 0.3) is 0 Å². The summed E-state index contributed by atoms with van der Waals surface area (Å²) in [6.45, 7) is -0.577. The highest BCUT2D eigenvalue weighted by atomic mass is 35.5. The maximum Gasteiger partial charge on any atom is 0.333 e. The van der Waals surface area contributed by atoms with Crippen LogP contribution in [-0.2, 0) is 6.54 Å². The van der Waals surface area contributed by atoms with Gasteiger partial charge < -0.3 is 5.32 Å². The Bertz CT molecular complexity index is 526. The zero-order valence-corrected chi connectivity index (χ0v) is 10.9. The fourth-order valence-electron chi connectivity index (χ4n) is 1.55. The van der Waals surface area contributed by atoms with E-state index < -0.39 is 6.55 Å². The molecule has 0 bridgehead atoms. The fourth-order valence-corrected chi connectivity index (χ4v) is 1.55. The minimum atomic E-state index is -2.65. The van der Waals surface area contributed by atoms with Crippen molar-refractivity contribution in [3.63, 3.8) is 0 Å². The van der Waals surface area contributed by atoms with E-state index in [1.807, 2.05) is 0 Å². The van der Waals surface area contributed by atoms with Crippen LogP contribution in [0.5, 0.6) is 0 Å². The highest BCUT2D eigenvalue weighted by Gasteiger charge is 2.10. The largest absolute Gasteiger partial charge is 0.378 e. The molecule has 0 fully saturated rings. The average molecular weight is 292 g/mol. The summed E-state index contributed by atoms with van der Waals surface area (Å²) in [7, 11) is 0. The van der Waals surface area contributed by atoms with Gasteiger partial charge in [0.1, 0.15) is 5.82 Å². The van der Waals surface area contributed by atoms with Gasteiger partial charge in [0, 0.05) is 6.54 Å². The third kappa shape index (κ3) is 3.89. The van der Waals surface area contributed by atoms with E-state index in [4.69, 9.17) is 0 Å². The Kier molecular flexibility index (Phi) is 5.23. The van der Waals surface area contributed by atoms with Gasteiger partial charge in [0.2, 0.25) is 0 Å². The average Bonchev–Trinajstić information content (AvgIpc) is 2.70. The summed E-state index contributed by atoms with van der Waals surface area (Å²) in [6.07, 6.45) is 1.25. The van der Waals surface area contributed by atoms with E-state index >= 15 is 0 Å². The Labute approximate surface area is 114 Å². The molecule has 0 saturated carbocycles. The van der Waals surface area contributed by atoms with Crippen LogP contribution >= 0.6 is 12.4 Å². The number of hydrogen-bond donors (Lipinski definition) is 1. The van der Waals surface area contributed by atoms with E-state index in [-0.39, 0.29) is 18.2 Å². The fraction of sp³-hybridized carbons (Fsp3) is 0.250. The molecule has 7 heteroatoms. The number of hydrogen-bond acceptors (Lipinski definition) is 2. The second-order valence-electron chi connectivity index (χ2n) is 3.87. The van der Waals surface area contributed by atoms with E-state index in [0.29, 0.717) is 22.6 Å². The molecule has 1 heterocycles. The molecule has 19 heavy (non-hydrogen) atoms. The Morgan fingerprint density at radius 1 is 1.26 bits per heavy atom. The van der Waals surface area contributed by atoms with Crippen molar-refractivity contribution in [3.8, 4) is 0 Å². The molecule has 2 aromatic rings. The molecule has 0 unspecified atom stereocenters. The molecule has 1 N–H and O–H groups in total. The quantitative estimate of drug-likeness (QED) is 0.929. The lowest BCUT2D eigenvalue weighted by Crippen LogP contribution is -1.99. The molecule has 0 spiro atoms. The van der Waals surface area contributed by atoms with Gasteiger partial charge in [0.05, 0.1) is 17.6 Å². The molecule has 1 aromatic carbocycles. The van der Waals surface area contributed by atoms with Gasteiger partial charge in [-0.05, 0) is 24.6 Å². The third-order valence-electron chi connectivity index (χ3n) is 2.51. The molecule has 104 valence electrons. The highest BCUT2D eigenvalue weighted by molar-refractivity contribution is 5.85. The van der Waals surface area contributed by atoms with Crippen molar-refractivity contribution in [1.82, 2.24) is 9.78 Å². The van der Waals surface area contributed by atoms with Crippen LogP contribution in [0.2, 0.25) is 0 Å².